The molecule has 6 nitrogen and oxygen atoms in total. The number of hydrogen-bond donors (Lipinski definition) is 4. The summed E-state index contributed by atoms with van der Waals surface area (Å²) in [7, 11) is 0. The van der Waals surface area contributed by atoms with Gasteiger partial charge in [-0.1, -0.05) is 0 Å². The largest absolute Gasteiger partial charge is 0.393 e. The van der Waals surface area contributed by atoms with Gasteiger partial charge in [-0.15, -0.1) is 0 Å². The molecule has 3 amide bonds. The SMILES string of the molecule is C[C@@H](O)CC(=O)NNC(=O)Nc1ccc(F)cc1F. The Morgan fingerprint density at radius 3 is 2.58 bits per heavy atom. The fourth-order valence-corrected chi connectivity index (χ4v) is 1.19. The highest BCUT2D eigenvalue weighted by Crippen LogP contribution is 2.14. The van der Waals surface area contributed by atoms with Gasteiger partial charge in [-0.05, 0) is 19.1 Å². The number of urea groups is 1. The van der Waals surface area contributed by atoms with Gasteiger partial charge in [0.15, 0.2) is 0 Å². The molecule has 4 N–H and O–H groups in total. The van der Waals surface area contributed by atoms with Crippen molar-refractivity contribution in [3.05, 3.63) is 29.8 Å². The summed E-state index contributed by atoms with van der Waals surface area (Å²) < 4.78 is 25.8. The van der Waals surface area contributed by atoms with E-state index in [9.17, 15) is 18.4 Å². The first-order valence-corrected chi connectivity index (χ1v) is 5.37. The molecule has 0 spiro atoms. The van der Waals surface area contributed by atoms with Crippen LogP contribution in [0.5, 0.6) is 0 Å². The summed E-state index contributed by atoms with van der Waals surface area (Å²) >= 11 is 0. The van der Waals surface area contributed by atoms with Crippen molar-refractivity contribution in [2.75, 3.05) is 5.32 Å². The van der Waals surface area contributed by atoms with E-state index in [1.165, 1.54) is 6.92 Å². The Kier molecular flexibility index (Phi) is 5.19. The molecule has 19 heavy (non-hydrogen) atoms. The summed E-state index contributed by atoms with van der Waals surface area (Å²) in [5.74, 6) is -2.32. The summed E-state index contributed by atoms with van der Waals surface area (Å²) in [6.45, 7) is 1.41. The molecule has 0 saturated carbocycles. The molecule has 0 aromatic heterocycles. The number of amides is 3. The van der Waals surface area contributed by atoms with E-state index in [1.54, 1.807) is 0 Å². The number of rotatable bonds is 3. The van der Waals surface area contributed by atoms with Crippen LogP contribution in [0.2, 0.25) is 0 Å². The van der Waals surface area contributed by atoms with Crippen LogP contribution in [0.15, 0.2) is 18.2 Å². The van der Waals surface area contributed by atoms with Crippen molar-refractivity contribution in [1.82, 2.24) is 10.9 Å². The number of hydrazine groups is 1. The number of hydrogen-bond acceptors (Lipinski definition) is 3. The zero-order valence-corrected chi connectivity index (χ0v) is 10.0. The Morgan fingerprint density at radius 1 is 1.32 bits per heavy atom. The zero-order chi connectivity index (χ0) is 14.4. The molecule has 1 atom stereocenters. The lowest BCUT2D eigenvalue weighted by molar-refractivity contribution is -0.123. The van der Waals surface area contributed by atoms with Gasteiger partial charge in [0.25, 0.3) is 0 Å². The van der Waals surface area contributed by atoms with Crippen LogP contribution in [0.4, 0.5) is 19.3 Å². The molecule has 0 unspecified atom stereocenters. The highest BCUT2D eigenvalue weighted by molar-refractivity contribution is 5.91. The van der Waals surface area contributed by atoms with Gasteiger partial charge in [0.1, 0.15) is 11.6 Å². The maximum Gasteiger partial charge on any atom is 0.338 e. The second-order valence-electron chi connectivity index (χ2n) is 3.80. The molecule has 0 aliphatic rings. The molecular weight excluding hydrogens is 260 g/mol. The lowest BCUT2D eigenvalue weighted by Gasteiger charge is -2.10. The fraction of sp³-hybridized carbons (Fsp3) is 0.273. The number of aliphatic hydroxyl groups is 1. The Morgan fingerprint density at radius 2 is 2.00 bits per heavy atom. The Balaban J connectivity index is 2.45. The van der Waals surface area contributed by atoms with Crippen molar-refractivity contribution in [3.8, 4) is 0 Å². The summed E-state index contributed by atoms with van der Waals surface area (Å²) in [4.78, 5) is 22.4. The molecule has 104 valence electrons. The van der Waals surface area contributed by atoms with Crippen LogP contribution in [0, 0.1) is 11.6 Å². The molecule has 8 heteroatoms. The highest BCUT2D eigenvalue weighted by atomic mass is 19.1. The van der Waals surface area contributed by atoms with Crippen molar-refractivity contribution in [2.45, 2.75) is 19.4 Å². The highest BCUT2D eigenvalue weighted by Gasteiger charge is 2.09. The van der Waals surface area contributed by atoms with Crippen molar-refractivity contribution >= 4 is 17.6 Å². The molecule has 0 aliphatic heterocycles. The van der Waals surface area contributed by atoms with Crippen LogP contribution >= 0.6 is 0 Å². The van der Waals surface area contributed by atoms with E-state index >= 15 is 0 Å². The minimum atomic E-state index is -0.939. The number of aliphatic hydroxyl groups excluding tert-OH is 1. The monoisotopic (exact) mass is 273 g/mol. The van der Waals surface area contributed by atoms with E-state index in [0.717, 1.165) is 12.1 Å². The molecule has 0 bridgehead atoms. The van der Waals surface area contributed by atoms with E-state index in [1.807, 2.05) is 10.9 Å². The van der Waals surface area contributed by atoms with E-state index < -0.39 is 29.7 Å². The van der Waals surface area contributed by atoms with Gasteiger partial charge in [-0.2, -0.15) is 0 Å². The second-order valence-corrected chi connectivity index (χ2v) is 3.80. The molecule has 0 heterocycles. The van der Waals surface area contributed by atoms with Crippen LogP contribution in [-0.2, 0) is 4.79 Å². The fourth-order valence-electron chi connectivity index (χ4n) is 1.19. The molecule has 0 fully saturated rings. The zero-order valence-electron chi connectivity index (χ0n) is 10.0. The maximum atomic E-state index is 13.2. The van der Waals surface area contributed by atoms with E-state index in [0.29, 0.717) is 6.07 Å². The standard InChI is InChI=1S/C11H13F2N3O3/c1-6(17)4-10(18)15-16-11(19)14-9-3-2-7(12)5-8(9)13/h2-3,5-6,17H,4H2,1H3,(H,15,18)(H2,14,16,19)/t6-/m1/s1. The number of nitrogens with one attached hydrogen (secondary N) is 3. The molecule has 0 saturated heterocycles. The topological polar surface area (TPSA) is 90.5 Å². The molecular formula is C11H13F2N3O3. The first-order valence-electron chi connectivity index (χ1n) is 5.37. The maximum absolute atomic E-state index is 13.2. The smallest absolute Gasteiger partial charge is 0.338 e. The van der Waals surface area contributed by atoms with Crippen LogP contribution < -0.4 is 16.2 Å². The summed E-state index contributed by atoms with van der Waals surface area (Å²) in [6.07, 6.45) is -1.04. The summed E-state index contributed by atoms with van der Waals surface area (Å²) in [5, 5.41) is 11.0. The number of anilines is 1. The van der Waals surface area contributed by atoms with Crippen molar-refractivity contribution in [3.63, 3.8) is 0 Å². The van der Waals surface area contributed by atoms with Crippen molar-refractivity contribution in [1.29, 1.82) is 0 Å². The number of carbonyl (C=O) groups is 2. The normalized spacial score (nSPS) is 11.6. The van der Waals surface area contributed by atoms with Crippen LogP contribution in [0.25, 0.3) is 0 Å². The first-order chi connectivity index (χ1) is 8.88. The Hall–Kier alpha value is -2.22. The quantitative estimate of drug-likeness (QED) is 0.616. The van der Waals surface area contributed by atoms with Crippen LogP contribution in [0.1, 0.15) is 13.3 Å². The van der Waals surface area contributed by atoms with Gasteiger partial charge in [0, 0.05) is 6.07 Å². The predicted molar refractivity (Wildman–Crippen MR) is 63.0 cm³/mol. The molecule has 1 rings (SSSR count). The second kappa shape index (κ2) is 6.64. The first kappa shape index (κ1) is 14.8. The molecule has 0 radical (unpaired) electrons. The third-order valence-corrected chi connectivity index (χ3v) is 1.98. The lowest BCUT2D eigenvalue weighted by Crippen LogP contribution is -2.44. The Bertz CT molecular complexity index is 480. The third-order valence-electron chi connectivity index (χ3n) is 1.98. The van der Waals surface area contributed by atoms with Gasteiger partial charge in [-0.25, -0.2) is 19.0 Å². The van der Waals surface area contributed by atoms with Crippen LogP contribution in [0.3, 0.4) is 0 Å². The van der Waals surface area contributed by atoms with E-state index in [-0.39, 0.29) is 12.1 Å². The van der Waals surface area contributed by atoms with Gasteiger partial charge < -0.3 is 10.4 Å². The summed E-state index contributed by atoms with van der Waals surface area (Å²) in [6, 6.07) is 1.73. The van der Waals surface area contributed by atoms with Gasteiger partial charge >= 0.3 is 6.03 Å². The summed E-state index contributed by atoms with van der Waals surface area (Å²) in [5.41, 5.74) is 3.73. The van der Waals surface area contributed by atoms with Gasteiger partial charge in [0.2, 0.25) is 5.91 Å². The van der Waals surface area contributed by atoms with Crippen LogP contribution in [-0.4, -0.2) is 23.1 Å². The number of benzene rings is 1. The molecule has 1 aromatic rings. The van der Waals surface area contributed by atoms with Gasteiger partial charge in [-0.3, -0.25) is 10.2 Å². The molecule has 0 aliphatic carbocycles. The number of carbonyl (C=O) groups excluding carboxylic acids is 2. The van der Waals surface area contributed by atoms with Gasteiger partial charge in [0.05, 0.1) is 18.2 Å². The minimum absolute atomic E-state index is 0.189. The average molecular weight is 273 g/mol. The molecule has 1 aromatic carbocycles. The number of halogens is 2. The lowest BCUT2D eigenvalue weighted by atomic mass is 10.3. The third kappa shape index (κ3) is 5.30. The van der Waals surface area contributed by atoms with E-state index in [2.05, 4.69) is 5.32 Å². The van der Waals surface area contributed by atoms with Crippen molar-refractivity contribution in [2.24, 2.45) is 0 Å². The predicted octanol–water partition coefficient (Wildman–Crippen LogP) is 0.888. The Labute approximate surface area is 107 Å². The van der Waals surface area contributed by atoms with E-state index in [4.69, 9.17) is 5.11 Å². The average Bonchev–Trinajstić information content (AvgIpc) is 2.29. The van der Waals surface area contributed by atoms with Crippen molar-refractivity contribution < 1.29 is 23.5 Å². The minimum Gasteiger partial charge on any atom is -0.393 e.